The molecule has 0 bridgehead atoms. The van der Waals surface area contributed by atoms with E-state index < -0.39 is 10.2 Å². The second-order valence-electron chi connectivity index (χ2n) is 6.41. The highest BCUT2D eigenvalue weighted by Crippen LogP contribution is 2.20. The molecule has 7 heteroatoms. The third-order valence-corrected chi connectivity index (χ3v) is 5.06. The summed E-state index contributed by atoms with van der Waals surface area (Å²) in [6.45, 7) is 4.46. The van der Waals surface area contributed by atoms with Crippen molar-refractivity contribution in [1.29, 1.82) is 0 Å². The van der Waals surface area contributed by atoms with Gasteiger partial charge in [-0.3, -0.25) is 0 Å². The summed E-state index contributed by atoms with van der Waals surface area (Å²) in [5.41, 5.74) is 1.02. The summed E-state index contributed by atoms with van der Waals surface area (Å²) in [5, 5.41) is 4.99. The highest BCUT2D eigenvalue weighted by molar-refractivity contribution is 7.87. The van der Waals surface area contributed by atoms with Gasteiger partial charge >= 0.3 is 0 Å². The molecule has 2 rings (SSSR count). The summed E-state index contributed by atoms with van der Waals surface area (Å²) >= 11 is 0. The van der Waals surface area contributed by atoms with Crippen LogP contribution in [0.2, 0.25) is 0 Å². The van der Waals surface area contributed by atoms with E-state index in [0.717, 1.165) is 44.3 Å². The number of nitrogens with zero attached hydrogens (tertiary/aromatic N) is 1. The van der Waals surface area contributed by atoms with Crippen molar-refractivity contribution in [3.05, 3.63) is 35.6 Å². The van der Waals surface area contributed by atoms with Gasteiger partial charge in [-0.05, 0) is 62.8 Å². The van der Waals surface area contributed by atoms with E-state index in [2.05, 4.69) is 16.5 Å². The van der Waals surface area contributed by atoms with Crippen LogP contribution in [0.4, 0.5) is 4.39 Å². The predicted molar refractivity (Wildman–Crippen MR) is 89.6 cm³/mol. The normalized spacial score (nSPS) is 21.3. The predicted octanol–water partition coefficient (Wildman–Crippen LogP) is 1.65. The van der Waals surface area contributed by atoms with Crippen LogP contribution in [0.25, 0.3) is 0 Å². The van der Waals surface area contributed by atoms with Crippen molar-refractivity contribution in [2.75, 3.05) is 19.6 Å². The molecule has 1 aromatic carbocycles. The molecule has 0 saturated carbocycles. The van der Waals surface area contributed by atoms with Gasteiger partial charge in [-0.2, -0.15) is 8.42 Å². The van der Waals surface area contributed by atoms with Crippen LogP contribution in [0.15, 0.2) is 24.3 Å². The van der Waals surface area contributed by atoms with Gasteiger partial charge in [-0.15, -0.1) is 0 Å². The first-order valence-corrected chi connectivity index (χ1v) is 9.64. The number of benzene rings is 1. The standard InChI is InChI=1S/C16H26FN3O2S/c1-13(7-8-14-4-2-6-16(17)10-14)20-9-3-5-15(12-20)11-19-23(18,21)22/h2,4,6,10,13,15,19H,3,5,7-9,11-12H2,1H3,(H2,18,21,22). The number of piperidine rings is 1. The maximum Gasteiger partial charge on any atom is 0.274 e. The molecule has 1 heterocycles. The Morgan fingerprint density at radius 1 is 1.48 bits per heavy atom. The zero-order chi connectivity index (χ0) is 16.9. The maximum absolute atomic E-state index is 13.2. The lowest BCUT2D eigenvalue weighted by molar-refractivity contribution is 0.127. The van der Waals surface area contributed by atoms with E-state index in [0.29, 0.717) is 18.5 Å². The Balaban J connectivity index is 1.80. The number of nitrogens with two attached hydrogens (primary N) is 1. The van der Waals surface area contributed by atoms with Crippen molar-refractivity contribution in [3.8, 4) is 0 Å². The molecular weight excluding hydrogens is 317 g/mol. The monoisotopic (exact) mass is 343 g/mol. The molecule has 1 saturated heterocycles. The number of halogens is 1. The van der Waals surface area contributed by atoms with Gasteiger partial charge in [0.1, 0.15) is 5.82 Å². The van der Waals surface area contributed by atoms with Crippen LogP contribution in [0.3, 0.4) is 0 Å². The van der Waals surface area contributed by atoms with E-state index in [-0.39, 0.29) is 5.82 Å². The number of aryl methyl sites for hydroxylation is 1. The Labute approximate surface area is 138 Å². The van der Waals surface area contributed by atoms with Crippen molar-refractivity contribution in [2.24, 2.45) is 11.1 Å². The second kappa shape index (κ2) is 8.19. The molecule has 1 aliphatic rings. The Bertz CT molecular complexity index is 609. The highest BCUT2D eigenvalue weighted by atomic mass is 32.2. The largest absolute Gasteiger partial charge is 0.300 e. The summed E-state index contributed by atoms with van der Waals surface area (Å²) in [5.74, 6) is 0.0981. The smallest absolute Gasteiger partial charge is 0.274 e. The third-order valence-electron chi connectivity index (χ3n) is 4.49. The van der Waals surface area contributed by atoms with Crippen LogP contribution in [0.1, 0.15) is 31.7 Å². The molecule has 0 amide bonds. The lowest BCUT2D eigenvalue weighted by Gasteiger charge is -2.37. The molecular formula is C16H26FN3O2S. The molecule has 1 fully saturated rings. The third kappa shape index (κ3) is 6.55. The summed E-state index contributed by atoms with van der Waals surface area (Å²) in [6, 6.07) is 7.12. The summed E-state index contributed by atoms with van der Waals surface area (Å²) in [7, 11) is -3.62. The van der Waals surface area contributed by atoms with Crippen molar-refractivity contribution in [2.45, 2.75) is 38.6 Å². The van der Waals surface area contributed by atoms with E-state index in [4.69, 9.17) is 5.14 Å². The lowest BCUT2D eigenvalue weighted by Crippen LogP contribution is -2.45. The highest BCUT2D eigenvalue weighted by Gasteiger charge is 2.24. The van der Waals surface area contributed by atoms with Crippen molar-refractivity contribution >= 4 is 10.2 Å². The van der Waals surface area contributed by atoms with Gasteiger partial charge in [0.25, 0.3) is 10.2 Å². The maximum atomic E-state index is 13.2. The molecule has 2 unspecified atom stereocenters. The van der Waals surface area contributed by atoms with Crippen molar-refractivity contribution in [3.63, 3.8) is 0 Å². The van der Waals surface area contributed by atoms with Gasteiger partial charge in [0.15, 0.2) is 0 Å². The van der Waals surface area contributed by atoms with Crippen LogP contribution < -0.4 is 9.86 Å². The summed E-state index contributed by atoms with van der Waals surface area (Å²) < 4.78 is 37.6. The molecule has 1 aliphatic heterocycles. The topological polar surface area (TPSA) is 75.4 Å². The summed E-state index contributed by atoms with van der Waals surface area (Å²) in [6.07, 6.45) is 3.87. The SMILES string of the molecule is CC(CCc1cccc(F)c1)N1CCCC(CNS(N)(=O)=O)C1. The van der Waals surface area contributed by atoms with Gasteiger partial charge in [0.2, 0.25) is 0 Å². The van der Waals surface area contributed by atoms with Crippen molar-refractivity contribution < 1.29 is 12.8 Å². The minimum atomic E-state index is -3.62. The average molecular weight is 343 g/mol. The first-order chi connectivity index (χ1) is 10.8. The zero-order valence-corrected chi connectivity index (χ0v) is 14.4. The minimum absolute atomic E-state index is 0.192. The van der Waals surface area contributed by atoms with Crippen LogP contribution in [0.5, 0.6) is 0 Å². The fraction of sp³-hybridized carbons (Fsp3) is 0.625. The molecule has 5 nitrogen and oxygen atoms in total. The van der Waals surface area contributed by atoms with Crippen LogP contribution in [-0.4, -0.2) is 39.0 Å². The van der Waals surface area contributed by atoms with Crippen LogP contribution in [0, 0.1) is 11.7 Å². The molecule has 23 heavy (non-hydrogen) atoms. The molecule has 1 aromatic rings. The van der Waals surface area contributed by atoms with Gasteiger partial charge in [-0.25, -0.2) is 14.3 Å². The number of likely N-dealkylation sites (tertiary alicyclic amines) is 1. The first kappa shape index (κ1) is 18.3. The quantitative estimate of drug-likeness (QED) is 0.790. The van der Waals surface area contributed by atoms with E-state index in [1.54, 1.807) is 12.1 Å². The van der Waals surface area contributed by atoms with Crippen LogP contribution in [-0.2, 0) is 16.6 Å². The number of hydrogen-bond acceptors (Lipinski definition) is 3. The van der Waals surface area contributed by atoms with E-state index in [1.165, 1.54) is 6.07 Å². The zero-order valence-electron chi connectivity index (χ0n) is 13.5. The molecule has 0 radical (unpaired) electrons. The lowest BCUT2D eigenvalue weighted by atomic mass is 9.95. The summed E-state index contributed by atoms with van der Waals surface area (Å²) in [4.78, 5) is 2.39. The fourth-order valence-electron chi connectivity index (χ4n) is 3.15. The Hall–Kier alpha value is -1.02. The van der Waals surface area contributed by atoms with Gasteiger partial charge in [-0.1, -0.05) is 12.1 Å². The molecule has 0 aliphatic carbocycles. The molecule has 2 atom stereocenters. The Kier molecular flexibility index (Phi) is 6.52. The molecule has 0 spiro atoms. The second-order valence-corrected chi connectivity index (χ2v) is 7.79. The van der Waals surface area contributed by atoms with E-state index in [9.17, 15) is 12.8 Å². The Morgan fingerprint density at radius 3 is 2.96 bits per heavy atom. The number of nitrogens with one attached hydrogen (secondary N) is 1. The number of hydrogen-bond donors (Lipinski definition) is 2. The van der Waals surface area contributed by atoms with Gasteiger partial charge in [0, 0.05) is 19.1 Å². The molecule has 3 N–H and O–H groups in total. The van der Waals surface area contributed by atoms with Gasteiger partial charge < -0.3 is 4.90 Å². The first-order valence-electron chi connectivity index (χ1n) is 8.09. The van der Waals surface area contributed by atoms with E-state index >= 15 is 0 Å². The fourth-order valence-corrected chi connectivity index (χ4v) is 3.62. The van der Waals surface area contributed by atoms with Crippen LogP contribution >= 0.6 is 0 Å². The van der Waals surface area contributed by atoms with Crippen molar-refractivity contribution in [1.82, 2.24) is 9.62 Å². The van der Waals surface area contributed by atoms with E-state index in [1.807, 2.05) is 6.07 Å². The molecule has 130 valence electrons. The average Bonchev–Trinajstić information content (AvgIpc) is 2.50. The number of rotatable bonds is 7. The minimum Gasteiger partial charge on any atom is -0.300 e. The molecule has 0 aromatic heterocycles. The van der Waals surface area contributed by atoms with Gasteiger partial charge in [0.05, 0.1) is 0 Å². The Morgan fingerprint density at radius 2 is 2.26 bits per heavy atom.